The molecular formula is C10H6F2N4O3S. The first-order valence-corrected chi connectivity index (χ1v) is 5.82. The predicted octanol–water partition coefficient (Wildman–Crippen LogP) is 2.16. The zero-order valence-corrected chi connectivity index (χ0v) is 10.4. The molecule has 0 atom stereocenters. The first kappa shape index (κ1) is 13.8. The lowest BCUT2D eigenvalue weighted by Gasteiger charge is -2.09. The van der Waals surface area contributed by atoms with Gasteiger partial charge in [-0.05, 0) is 6.07 Å². The van der Waals surface area contributed by atoms with E-state index in [0.717, 1.165) is 11.5 Å². The van der Waals surface area contributed by atoms with Crippen molar-refractivity contribution >= 4 is 34.2 Å². The molecule has 0 bridgehead atoms. The number of carboxylic acids is 1. The number of aromatic nitrogens is 2. The number of nitrogens with zero attached hydrogens (tertiary/aromatic N) is 2. The highest BCUT2D eigenvalue weighted by atomic mass is 32.1. The molecule has 0 aliphatic heterocycles. The Labute approximate surface area is 114 Å². The van der Waals surface area contributed by atoms with E-state index in [1.165, 1.54) is 6.20 Å². The van der Waals surface area contributed by atoms with Crippen molar-refractivity contribution in [2.45, 2.75) is 0 Å². The van der Waals surface area contributed by atoms with E-state index in [0.29, 0.717) is 17.1 Å². The van der Waals surface area contributed by atoms with Gasteiger partial charge in [0.15, 0.2) is 11.6 Å². The summed E-state index contributed by atoms with van der Waals surface area (Å²) >= 11 is 0.894. The van der Waals surface area contributed by atoms with E-state index in [-0.39, 0.29) is 5.69 Å². The van der Waals surface area contributed by atoms with Gasteiger partial charge in [-0.3, -0.25) is 5.32 Å². The highest BCUT2D eigenvalue weighted by Gasteiger charge is 2.17. The molecule has 2 amide bonds. The van der Waals surface area contributed by atoms with Crippen LogP contribution < -0.4 is 10.6 Å². The Morgan fingerprint density at radius 1 is 1.20 bits per heavy atom. The number of aromatic carboxylic acids is 1. The summed E-state index contributed by atoms with van der Waals surface area (Å²) < 4.78 is 29.6. The molecular weight excluding hydrogens is 294 g/mol. The van der Waals surface area contributed by atoms with Crippen LogP contribution >= 0.6 is 11.5 Å². The monoisotopic (exact) mass is 300 g/mol. The molecule has 0 fully saturated rings. The van der Waals surface area contributed by atoms with Crippen LogP contribution in [-0.2, 0) is 0 Å². The number of halogens is 2. The SMILES string of the molecule is O=C(Nc1cnns1)Nc1cc(F)c(F)cc1C(=O)O. The molecule has 0 aliphatic rings. The quantitative estimate of drug-likeness (QED) is 0.805. The smallest absolute Gasteiger partial charge is 0.337 e. The largest absolute Gasteiger partial charge is 0.478 e. The first-order valence-electron chi connectivity index (χ1n) is 5.05. The van der Waals surface area contributed by atoms with E-state index < -0.39 is 29.2 Å². The number of amides is 2. The lowest BCUT2D eigenvalue weighted by atomic mass is 10.1. The molecule has 1 aromatic carbocycles. The molecule has 0 saturated heterocycles. The third kappa shape index (κ3) is 3.03. The molecule has 0 saturated carbocycles. The Morgan fingerprint density at radius 2 is 1.90 bits per heavy atom. The van der Waals surface area contributed by atoms with Gasteiger partial charge >= 0.3 is 12.0 Å². The van der Waals surface area contributed by atoms with Gasteiger partial charge in [-0.15, -0.1) is 5.10 Å². The molecule has 0 spiro atoms. The van der Waals surface area contributed by atoms with Gasteiger partial charge in [-0.1, -0.05) is 4.49 Å². The van der Waals surface area contributed by atoms with E-state index in [2.05, 4.69) is 20.2 Å². The van der Waals surface area contributed by atoms with Crippen molar-refractivity contribution in [3.05, 3.63) is 35.5 Å². The molecule has 1 aromatic heterocycles. The number of carbonyl (C=O) groups excluding carboxylic acids is 1. The highest BCUT2D eigenvalue weighted by molar-refractivity contribution is 7.10. The Morgan fingerprint density at radius 3 is 2.50 bits per heavy atom. The number of anilines is 2. The van der Waals surface area contributed by atoms with Gasteiger partial charge in [-0.25, -0.2) is 18.4 Å². The molecule has 10 heteroatoms. The van der Waals surface area contributed by atoms with Crippen molar-refractivity contribution in [1.29, 1.82) is 0 Å². The minimum absolute atomic E-state index is 0.307. The average Bonchev–Trinajstić information content (AvgIpc) is 2.85. The fourth-order valence-corrected chi connectivity index (χ4v) is 1.73. The van der Waals surface area contributed by atoms with E-state index in [1.807, 2.05) is 0 Å². The van der Waals surface area contributed by atoms with Gasteiger partial charge in [0, 0.05) is 17.6 Å². The summed E-state index contributed by atoms with van der Waals surface area (Å²) in [7, 11) is 0. The van der Waals surface area contributed by atoms with Crippen molar-refractivity contribution in [3.8, 4) is 0 Å². The first-order chi connectivity index (χ1) is 9.47. The Bertz CT molecular complexity index is 663. The summed E-state index contributed by atoms with van der Waals surface area (Å²) in [5, 5.41) is 17.1. The fourth-order valence-electron chi connectivity index (χ4n) is 1.31. The lowest BCUT2D eigenvalue weighted by molar-refractivity contribution is 0.0697. The number of urea groups is 1. The minimum Gasteiger partial charge on any atom is -0.478 e. The van der Waals surface area contributed by atoms with Crippen molar-refractivity contribution < 1.29 is 23.5 Å². The van der Waals surface area contributed by atoms with Gasteiger partial charge in [-0.2, -0.15) is 0 Å². The van der Waals surface area contributed by atoms with Crippen molar-refractivity contribution in [1.82, 2.24) is 9.59 Å². The number of nitrogens with one attached hydrogen (secondary N) is 2. The van der Waals surface area contributed by atoms with Gasteiger partial charge in [0.25, 0.3) is 0 Å². The molecule has 2 aromatic rings. The predicted molar refractivity (Wildman–Crippen MR) is 65.9 cm³/mol. The molecule has 0 aliphatic carbocycles. The van der Waals surface area contributed by atoms with Crippen molar-refractivity contribution in [3.63, 3.8) is 0 Å². The Balaban J connectivity index is 2.22. The normalized spacial score (nSPS) is 10.1. The van der Waals surface area contributed by atoms with Gasteiger partial charge in [0.05, 0.1) is 17.4 Å². The third-order valence-corrected chi connectivity index (χ3v) is 2.72. The van der Waals surface area contributed by atoms with Gasteiger partial charge in [0.2, 0.25) is 0 Å². The third-order valence-electron chi connectivity index (χ3n) is 2.14. The molecule has 2 rings (SSSR count). The summed E-state index contributed by atoms with van der Waals surface area (Å²) in [6.07, 6.45) is 1.27. The highest BCUT2D eigenvalue weighted by Crippen LogP contribution is 2.20. The fraction of sp³-hybridized carbons (Fsp3) is 0. The van der Waals surface area contributed by atoms with Crippen LogP contribution in [-0.4, -0.2) is 26.7 Å². The van der Waals surface area contributed by atoms with Crippen LogP contribution in [0.1, 0.15) is 10.4 Å². The van der Waals surface area contributed by atoms with Crippen LogP contribution in [0, 0.1) is 11.6 Å². The molecule has 104 valence electrons. The second kappa shape index (κ2) is 5.57. The van der Waals surface area contributed by atoms with Crippen molar-refractivity contribution in [2.24, 2.45) is 0 Å². The second-order valence-corrected chi connectivity index (χ2v) is 4.26. The number of benzene rings is 1. The maximum absolute atomic E-state index is 13.1. The Kier molecular flexibility index (Phi) is 3.84. The zero-order chi connectivity index (χ0) is 14.7. The standard InChI is InChI=1S/C10H6F2N4O3S/c11-5-1-4(9(17)18)7(2-6(5)12)14-10(19)15-8-3-13-16-20-8/h1-3H,(H,17,18)(H2,14,15,19). The van der Waals surface area contributed by atoms with Crippen LogP contribution in [0.4, 0.5) is 24.3 Å². The van der Waals surface area contributed by atoms with E-state index in [9.17, 15) is 18.4 Å². The summed E-state index contributed by atoms with van der Waals surface area (Å²) in [5.74, 6) is -4.09. The van der Waals surface area contributed by atoms with Gasteiger partial charge < -0.3 is 10.4 Å². The molecule has 3 N–H and O–H groups in total. The van der Waals surface area contributed by atoms with E-state index in [4.69, 9.17) is 5.11 Å². The van der Waals surface area contributed by atoms with Crippen molar-refractivity contribution in [2.75, 3.05) is 10.6 Å². The minimum atomic E-state index is -1.50. The number of hydrogen-bond donors (Lipinski definition) is 3. The summed E-state index contributed by atoms with van der Waals surface area (Å²) in [6.45, 7) is 0. The number of carbonyl (C=O) groups is 2. The molecule has 0 radical (unpaired) electrons. The summed E-state index contributed by atoms with van der Waals surface area (Å²) in [5.41, 5.74) is -0.937. The zero-order valence-electron chi connectivity index (χ0n) is 9.55. The number of carboxylic acid groups (broad SMARTS) is 1. The van der Waals surface area contributed by atoms with Crippen LogP contribution in [0.3, 0.4) is 0 Å². The molecule has 0 unspecified atom stereocenters. The maximum atomic E-state index is 13.1. The van der Waals surface area contributed by atoms with E-state index in [1.54, 1.807) is 0 Å². The molecule has 1 heterocycles. The topological polar surface area (TPSA) is 104 Å². The summed E-state index contributed by atoms with van der Waals surface area (Å²) in [4.78, 5) is 22.5. The van der Waals surface area contributed by atoms with Crippen LogP contribution in [0.2, 0.25) is 0 Å². The van der Waals surface area contributed by atoms with Crippen LogP contribution in [0.5, 0.6) is 0 Å². The van der Waals surface area contributed by atoms with Crippen LogP contribution in [0.15, 0.2) is 18.3 Å². The lowest BCUT2D eigenvalue weighted by Crippen LogP contribution is -2.21. The Hall–Kier alpha value is -2.62. The molecule has 7 nitrogen and oxygen atoms in total. The van der Waals surface area contributed by atoms with Gasteiger partial charge in [0.1, 0.15) is 5.00 Å². The average molecular weight is 300 g/mol. The van der Waals surface area contributed by atoms with E-state index >= 15 is 0 Å². The summed E-state index contributed by atoms with van der Waals surface area (Å²) in [6, 6.07) is 0.245. The number of rotatable bonds is 3. The van der Waals surface area contributed by atoms with Crippen LogP contribution in [0.25, 0.3) is 0 Å². The second-order valence-electron chi connectivity index (χ2n) is 3.48. The number of hydrogen-bond acceptors (Lipinski definition) is 5. The maximum Gasteiger partial charge on any atom is 0.337 e. The molecule has 20 heavy (non-hydrogen) atoms.